The third-order valence-electron chi connectivity index (χ3n) is 5.18. The Balaban J connectivity index is 1.88. The first-order valence-electron chi connectivity index (χ1n) is 10.6. The van der Waals surface area contributed by atoms with Gasteiger partial charge in [0.1, 0.15) is 17.2 Å². The van der Waals surface area contributed by atoms with Crippen LogP contribution in [0.2, 0.25) is 0 Å². The number of hydrogen-bond donors (Lipinski definition) is 2. The van der Waals surface area contributed by atoms with E-state index in [4.69, 9.17) is 4.74 Å². The van der Waals surface area contributed by atoms with Crippen LogP contribution in [0, 0.1) is 11.6 Å². The van der Waals surface area contributed by atoms with Crippen LogP contribution in [0.5, 0.6) is 5.75 Å². The predicted molar refractivity (Wildman–Crippen MR) is 114 cm³/mol. The highest BCUT2D eigenvalue weighted by atomic mass is 19.1. The topological polar surface area (TPSA) is 104 Å². The lowest BCUT2D eigenvalue weighted by atomic mass is 10.1. The minimum absolute atomic E-state index is 0.0273. The first kappa shape index (κ1) is 24.3. The SMILES string of the molecule is CCCN1C(=O)c2c(O)c(=O)c(C(=O)NCc3ccc(F)cc3F)cn2CN1CCOCC. The lowest BCUT2D eigenvalue weighted by molar-refractivity contribution is -0.0572. The molecule has 2 N–H and O–H groups in total. The molecule has 0 unspecified atom stereocenters. The Labute approximate surface area is 189 Å². The summed E-state index contributed by atoms with van der Waals surface area (Å²) >= 11 is 0. The van der Waals surface area contributed by atoms with Crippen molar-refractivity contribution in [1.82, 2.24) is 19.9 Å². The van der Waals surface area contributed by atoms with Crippen LogP contribution >= 0.6 is 0 Å². The number of carbonyl (C=O) groups is 2. The molecule has 11 heteroatoms. The van der Waals surface area contributed by atoms with Crippen molar-refractivity contribution < 1.29 is 28.2 Å². The van der Waals surface area contributed by atoms with Gasteiger partial charge in [-0.3, -0.25) is 19.4 Å². The smallest absolute Gasteiger partial charge is 0.288 e. The maximum absolute atomic E-state index is 13.8. The number of hydrogen-bond acceptors (Lipinski definition) is 6. The fraction of sp³-hybridized carbons (Fsp3) is 0.409. The largest absolute Gasteiger partial charge is 0.503 e. The zero-order valence-corrected chi connectivity index (χ0v) is 18.4. The summed E-state index contributed by atoms with van der Waals surface area (Å²) in [6, 6.07) is 2.92. The molecule has 0 spiro atoms. The van der Waals surface area contributed by atoms with E-state index in [1.807, 2.05) is 13.8 Å². The third-order valence-corrected chi connectivity index (χ3v) is 5.18. The van der Waals surface area contributed by atoms with E-state index in [0.717, 1.165) is 6.07 Å². The van der Waals surface area contributed by atoms with Gasteiger partial charge in [-0.25, -0.2) is 8.78 Å². The lowest BCUT2D eigenvalue weighted by Gasteiger charge is -2.40. The van der Waals surface area contributed by atoms with Gasteiger partial charge in [0.05, 0.1) is 13.3 Å². The Hall–Kier alpha value is -3.31. The van der Waals surface area contributed by atoms with Gasteiger partial charge in [0, 0.05) is 44.1 Å². The van der Waals surface area contributed by atoms with Crippen molar-refractivity contribution in [3.8, 4) is 5.75 Å². The Bertz CT molecular complexity index is 1100. The van der Waals surface area contributed by atoms with Crippen molar-refractivity contribution in [3.05, 3.63) is 63.1 Å². The Kier molecular flexibility index (Phi) is 7.77. The van der Waals surface area contributed by atoms with Crippen molar-refractivity contribution >= 4 is 11.8 Å². The molecule has 2 amide bonds. The molecule has 0 fully saturated rings. The van der Waals surface area contributed by atoms with Gasteiger partial charge >= 0.3 is 0 Å². The van der Waals surface area contributed by atoms with Crippen LogP contribution in [-0.2, 0) is 18.0 Å². The third kappa shape index (κ3) is 5.20. The van der Waals surface area contributed by atoms with Crippen molar-refractivity contribution in [3.63, 3.8) is 0 Å². The molecule has 1 aromatic carbocycles. The molecule has 0 saturated heterocycles. The molecule has 1 aliphatic rings. The van der Waals surface area contributed by atoms with E-state index in [2.05, 4.69) is 5.32 Å². The summed E-state index contributed by atoms with van der Waals surface area (Å²) in [6.45, 7) is 5.20. The van der Waals surface area contributed by atoms with Crippen molar-refractivity contribution in [2.45, 2.75) is 33.5 Å². The van der Waals surface area contributed by atoms with Gasteiger partial charge < -0.3 is 19.7 Å². The highest BCUT2D eigenvalue weighted by Gasteiger charge is 2.34. The molecule has 9 nitrogen and oxygen atoms in total. The second-order valence-corrected chi connectivity index (χ2v) is 7.45. The van der Waals surface area contributed by atoms with Crippen molar-refractivity contribution in [2.75, 3.05) is 26.3 Å². The second kappa shape index (κ2) is 10.5. The summed E-state index contributed by atoms with van der Waals surface area (Å²) < 4.78 is 33.6. The fourth-order valence-corrected chi connectivity index (χ4v) is 3.55. The van der Waals surface area contributed by atoms with Crippen molar-refractivity contribution in [2.24, 2.45) is 0 Å². The number of aromatic hydroxyl groups is 1. The van der Waals surface area contributed by atoms with Crippen LogP contribution in [0.15, 0.2) is 29.2 Å². The number of benzene rings is 1. The first-order valence-corrected chi connectivity index (χ1v) is 10.6. The summed E-state index contributed by atoms with van der Waals surface area (Å²) in [5.74, 6) is -3.85. The summed E-state index contributed by atoms with van der Waals surface area (Å²) in [6.07, 6.45) is 1.85. The van der Waals surface area contributed by atoms with Gasteiger partial charge in [0.2, 0.25) is 5.43 Å². The van der Waals surface area contributed by atoms with Crippen LogP contribution in [-0.4, -0.2) is 57.8 Å². The minimum Gasteiger partial charge on any atom is -0.503 e. The number of nitrogens with zero attached hydrogens (tertiary/aromatic N) is 3. The van der Waals surface area contributed by atoms with Crippen LogP contribution in [0.3, 0.4) is 0 Å². The number of fused-ring (bicyclic) bond motifs is 1. The molecule has 33 heavy (non-hydrogen) atoms. The van der Waals surface area contributed by atoms with Crippen LogP contribution in [0.1, 0.15) is 46.7 Å². The molecule has 0 saturated carbocycles. The number of hydrazine groups is 1. The van der Waals surface area contributed by atoms with E-state index in [0.29, 0.717) is 38.8 Å². The molecule has 1 aliphatic heterocycles. The number of halogens is 2. The van der Waals surface area contributed by atoms with E-state index in [1.165, 1.54) is 21.8 Å². The number of rotatable bonds is 9. The monoisotopic (exact) mass is 464 g/mol. The van der Waals surface area contributed by atoms with Gasteiger partial charge in [-0.15, -0.1) is 0 Å². The molecule has 0 radical (unpaired) electrons. The Morgan fingerprint density at radius 3 is 2.64 bits per heavy atom. The maximum Gasteiger partial charge on any atom is 0.288 e. The number of aromatic nitrogens is 1. The Morgan fingerprint density at radius 2 is 1.97 bits per heavy atom. The molecular weight excluding hydrogens is 438 g/mol. The highest BCUT2D eigenvalue weighted by molar-refractivity contribution is 5.98. The minimum atomic E-state index is -1.01. The zero-order valence-electron chi connectivity index (χ0n) is 18.4. The molecular formula is C22H26F2N4O5. The predicted octanol–water partition coefficient (Wildman–Crippen LogP) is 1.84. The molecule has 0 bridgehead atoms. The molecule has 2 aromatic rings. The van der Waals surface area contributed by atoms with E-state index in [1.54, 1.807) is 5.01 Å². The second-order valence-electron chi connectivity index (χ2n) is 7.45. The number of ether oxygens (including phenoxy) is 1. The Morgan fingerprint density at radius 1 is 1.21 bits per heavy atom. The fourth-order valence-electron chi connectivity index (χ4n) is 3.55. The maximum atomic E-state index is 13.8. The quantitative estimate of drug-likeness (QED) is 0.549. The normalized spacial score (nSPS) is 13.8. The van der Waals surface area contributed by atoms with Crippen LogP contribution in [0.4, 0.5) is 8.78 Å². The average molecular weight is 464 g/mol. The number of amides is 2. The van der Waals surface area contributed by atoms with E-state index < -0.39 is 40.2 Å². The van der Waals surface area contributed by atoms with Crippen molar-refractivity contribution in [1.29, 1.82) is 0 Å². The molecule has 3 rings (SSSR count). The summed E-state index contributed by atoms with van der Waals surface area (Å²) in [5, 5.41) is 16.0. The van der Waals surface area contributed by atoms with E-state index in [9.17, 15) is 28.3 Å². The molecule has 0 atom stereocenters. The molecule has 2 heterocycles. The van der Waals surface area contributed by atoms with E-state index in [-0.39, 0.29) is 24.5 Å². The highest BCUT2D eigenvalue weighted by Crippen LogP contribution is 2.23. The summed E-state index contributed by atoms with van der Waals surface area (Å²) in [7, 11) is 0. The lowest BCUT2D eigenvalue weighted by Crippen LogP contribution is -2.54. The van der Waals surface area contributed by atoms with Gasteiger partial charge in [-0.05, 0) is 19.4 Å². The standard InChI is InChI=1S/C22H26F2N4O5/c1-3-7-28-22(32)18-20(30)19(29)16(12-26(18)13-27(28)8-9-33-4-2)21(31)25-11-14-5-6-15(23)10-17(14)24/h5-6,10,12,30H,3-4,7-9,11,13H2,1-2H3,(H,25,31). The van der Waals surface area contributed by atoms with Gasteiger partial charge in [0.25, 0.3) is 11.8 Å². The molecule has 178 valence electrons. The van der Waals surface area contributed by atoms with Gasteiger partial charge in [-0.1, -0.05) is 13.0 Å². The zero-order chi connectivity index (χ0) is 24.1. The number of nitrogens with one attached hydrogen (secondary N) is 1. The molecule has 1 aromatic heterocycles. The van der Waals surface area contributed by atoms with Gasteiger partial charge in [-0.2, -0.15) is 5.01 Å². The number of pyridine rings is 1. The average Bonchev–Trinajstić information content (AvgIpc) is 2.77. The van der Waals surface area contributed by atoms with Crippen LogP contribution in [0.25, 0.3) is 0 Å². The summed E-state index contributed by atoms with van der Waals surface area (Å²) in [5.41, 5.74) is -1.59. The summed E-state index contributed by atoms with van der Waals surface area (Å²) in [4.78, 5) is 38.3. The van der Waals surface area contributed by atoms with Crippen LogP contribution < -0.4 is 10.7 Å². The number of carbonyl (C=O) groups excluding carboxylic acids is 2. The first-order chi connectivity index (χ1) is 15.8. The molecule has 0 aliphatic carbocycles. The van der Waals surface area contributed by atoms with Gasteiger partial charge in [0.15, 0.2) is 11.4 Å². The van der Waals surface area contributed by atoms with E-state index >= 15 is 0 Å².